The van der Waals surface area contributed by atoms with Crippen LogP contribution in [-0.2, 0) is 17.7 Å². The molecule has 0 amide bonds. The Morgan fingerprint density at radius 3 is 1.46 bits per heavy atom. The highest BCUT2D eigenvalue weighted by molar-refractivity contribution is 7.47. The van der Waals surface area contributed by atoms with Gasteiger partial charge in [0, 0.05) is 0 Å². The van der Waals surface area contributed by atoms with E-state index in [-0.39, 0.29) is 6.61 Å². The average molecular weight is 258 g/mol. The van der Waals surface area contributed by atoms with Gasteiger partial charge in [-0.05, 0) is 6.92 Å². The summed E-state index contributed by atoms with van der Waals surface area (Å²) in [6.07, 6.45) is 0. The molecule has 0 rings (SSSR count). The molecule has 0 unspecified atom stereocenters. The van der Waals surface area contributed by atoms with E-state index in [4.69, 9.17) is 19.6 Å². The van der Waals surface area contributed by atoms with E-state index in [1.807, 2.05) is 0 Å². The van der Waals surface area contributed by atoms with Crippen LogP contribution in [0.2, 0.25) is 0 Å². The molecule has 4 N–H and O–H groups in total. The molecule has 0 aromatic rings. The Labute approximate surface area is 79.1 Å². The van der Waals surface area contributed by atoms with E-state index in [0.29, 0.717) is 0 Å². The summed E-state index contributed by atoms with van der Waals surface area (Å²) < 4.78 is 26.0. The third-order valence-electron chi connectivity index (χ3n) is 0.387. The summed E-state index contributed by atoms with van der Waals surface area (Å²) in [7, 11) is -8.55. The molecule has 0 atom stereocenters. The number of hydrogen-bond acceptors (Lipinski definition) is 4. The maximum atomic E-state index is 9.70. The van der Waals surface area contributed by atoms with Crippen molar-refractivity contribution in [3.8, 4) is 0 Å². The lowest BCUT2D eigenvalue weighted by Gasteiger charge is -1.98. The summed E-state index contributed by atoms with van der Waals surface area (Å²) >= 11 is 4.21. The van der Waals surface area contributed by atoms with Crippen LogP contribution in [-0.4, -0.2) is 26.2 Å². The van der Waals surface area contributed by atoms with Crippen LogP contribution in [0.5, 0.6) is 0 Å². The minimum atomic E-state index is -4.38. The number of hydrogen-bond donors (Lipinski definition) is 4. The fourth-order valence-corrected chi connectivity index (χ4v) is 0.505. The van der Waals surface area contributed by atoms with E-state index < -0.39 is 15.6 Å². The van der Waals surface area contributed by atoms with Crippen molar-refractivity contribution in [1.29, 1.82) is 0 Å². The van der Waals surface area contributed by atoms with Crippen LogP contribution < -0.4 is 0 Å². The van der Waals surface area contributed by atoms with Crippen molar-refractivity contribution >= 4 is 27.5 Å². The molecule has 0 aromatic carbocycles. The summed E-state index contributed by atoms with van der Waals surface area (Å²) in [5.41, 5.74) is 0. The number of rotatable bonds is 3. The van der Waals surface area contributed by atoms with E-state index in [2.05, 4.69) is 20.5 Å². The third-order valence-corrected chi connectivity index (χ3v) is 1.70. The summed E-state index contributed by atoms with van der Waals surface area (Å²) in [5.74, 6) is 0. The molecule has 82 valence electrons. The minimum absolute atomic E-state index is 0.0459. The first-order valence-electron chi connectivity index (χ1n) is 2.68. The van der Waals surface area contributed by atoms with Gasteiger partial charge in [-0.2, -0.15) is 4.08 Å². The van der Waals surface area contributed by atoms with E-state index in [1.54, 1.807) is 0 Å². The van der Waals surface area contributed by atoms with Gasteiger partial charge < -0.3 is 19.6 Å². The van der Waals surface area contributed by atoms with Gasteiger partial charge >= 0.3 is 15.6 Å². The van der Waals surface area contributed by atoms with Crippen molar-refractivity contribution in [2.45, 2.75) is 6.92 Å². The van der Waals surface area contributed by atoms with Gasteiger partial charge in [0.2, 0.25) is 0 Å². The SMILES string of the molecule is CCOP(=O)(O)O.O=P(O)(O)OCl. The fraction of sp³-hybridized carbons (Fsp3) is 1.00. The maximum absolute atomic E-state index is 9.70. The third kappa shape index (κ3) is 24.5. The molecular weight excluding hydrogens is 249 g/mol. The largest absolute Gasteiger partial charge is 0.486 e. The van der Waals surface area contributed by atoms with Crippen molar-refractivity contribution in [1.82, 2.24) is 0 Å². The molecule has 0 aliphatic heterocycles. The lowest BCUT2D eigenvalue weighted by Crippen LogP contribution is -1.84. The van der Waals surface area contributed by atoms with Gasteiger partial charge in [0.05, 0.1) is 18.5 Å². The Morgan fingerprint density at radius 2 is 1.46 bits per heavy atom. The molecule has 11 heteroatoms. The Kier molecular flexibility index (Phi) is 8.46. The maximum Gasteiger partial charge on any atom is 0.486 e. The van der Waals surface area contributed by atoms with Crippen LogP contribution in [0, 0.1) is 0 Å². The van der Waals surface area contributed by atoms with Crippen molar-refractivity contribution < 1.29 is 37.3 Å². The van der Waals surface area contributed by atoms with Crippen LogP contribution >= 0.6 is 27.5 Å². The lowest BCUT2D eigenvalue weighted by atomic mass is 10.9. The zero-order valence-electron chi connectivity index (χ0n) is 6.40. The Bertz CT molecular complexity index is 204. The summed E-state index contributed by atoms with van der Waals surface area (Å²) in [6, 6.07) is 0. The monoisotopic (exact) mass is 258 g/mol. The highest BCUT2D eigenvalue weighted by Gasteiger charge is 2.10. The quantitative estimate of drug-likeness (QED) is 0.533. The molecule has 0 heterocycles. The number of halogens is 1. The van der Waals surface area contributed by atoms with E-state index in [1.165, 1.54) is 6.92 Å². The summed E-state index contributed by atoms with van der Waals surface area (Å²) in [6.45, 7) is 1.56. The molecule has 13 heavy (non-hydrogen) atoms. The molecule has 0 bridgehead atoms. The van der Waals surface area contributed by atoms with Gasteiger partial charge in [-0.1, -0.05) is 0 Å². The lowest BCUT2D eigenvalue weighted by molar-refractivity contribution is 0.206. The molecule has 0 saturated heterocycles. The zero-order chi connectivity index (χ0) is 11.1. The predicted molar refractivity (Wildman–Crippen MR) is 42.7 cm³/mol. The highest BCUT2D eigenvalue weighted by Crippen LogP contribution is 2.37. The van der Waals surface area contributed by atoms with E-state index in [9.17, 15) is 9.13 Å². The van der Waals surface area contributed by atoms with Crippen LogP contribution in [0.3, 0.4) is 0 Å². The van der Waals surface area contributed by atoms with Crippen molar-refractivity contribution in [2.24, 2.45) is 0 Å². The molecule has 8 nitrogen and oxygen atoms in total. The predicted octanol–water partition coefficient (Wildman–Crippen LogP) is 0.365. The zero-order valence-corrected chi connectivity index (χ0v) is 8.95. The molecule has 0 aliphatic rings. The van der Waals surface area contributed by atoms with Gasteiger partial charge in [-0.15, -0.1) is 0 Å². The van der Waals surface area contributed by atoms with Crippen molar-refractivity contribution in [3.63, 3.8) is 0 Å². The first-order chi connectivity index (χ1) is 5.62. The van der Waals surface area contributed by atoms with Gasteiger partial charge in [0.15, 0.2) is 0 Å². The smallest absolute Gasteiger partial charge is 0.303 e. The molecule has 0 saturated carbocycles. The van der Waals surface area contributed by atoms with Crippen LogP contribution in [0.4, 0.5) is 0 Å². The van der Waals surface area contributed by atoms with Crippen molar-refractivity contribution in [3.05, 3.63) is 0 Å². The Morgan fingerprint density at radius 1 is 1.15 bits per heavy atom. The second-order valence-corrected chi connectivity index (χ2v) is 4.24. The molecule has 0 spiro atoms. The van der Waals surface area contributed by atoms with Crippen molar-refractivity contribution in [2.75, 3.05) is 6.61 Å². The number of phosphoric ester groups is 1. The van der Waals surface area contributed by atoms with Gasteiger partial charge in [0.1, 0.15) is 0 Å². The minimum Gasteiger partial charge on any atom is -0.303 e. The second kappa shape index (κ2) is 6.89. The van der Waals surface area contributed by atoms with Gasteiger partial charge in [0.25, 0.3) is 0 Å². The summed E-state index contributed by atoms with van der Waals surface area (Å²) in [4.78, 5) is 31.0. The van der Waals surface area contributed by atoms with Crippen LogP contribution in [0.1, 0.15) is 6.92 Å². The van der Waals surface area contributed by atoms with Crippen LogP contribution in [0.25, 0.3) is 0 Å². The molecule has 0 aromatic heterocycles. The molecule has 0 aliphatic carbocycles. The highest BCUT2D eigenvalue weighted by atomic mass is 35.5. The normalized spacial score (nSPS) is 11.8. The van der Waals surface area contributed by atoms with Crippen LogP contribution in [0.15, 0.2) is 0 Å². The first kappa shape index (κ1) is 16.0. The Balaban J connectivity index is 0. The molecular formula is C2H9ClO8P2. The van der Waals surface area contributed by atoms with Gasteiger partial charge in [-0.3, -0.25) is 4.52 Å². The molecule has 0 fully saturated rings. The fourth-order valence-electron chi connectivity index (χ4n) is 0.168. The van der Waals surface area contributed by atoms with E-state index in [0.717, 1.165) is 0 Å². The topological polar surface area (TPSA) is 134 Å². The first-order valence-corrected chi connectivity index (χ1v) is 6.05. The Hall–Kier alpha value is 0.510. The summed E-state index contributed by atoms with van der Waals surface area (Å²) in [5, 5.41) is 0. The average Bonchev–Trinajstić information content (AvgIpc) is 1.84. The molecule has 0 radical (unpaired) electrons. The van der Waals surface area contributed by atoms with E-state index >= 15 is 0 Å². The number of phosphoric acid groups is 2. The van der Waals surface area contributed by atoms with Gasteiger partial charge in [-0.25, -0.2) is 9.13 Å². The second-order valence-electron chi connectivity index (χ2n) is 1.47. The standard InChI is InChI=1S/C2H7O4P.ClH2O4P/c1-2-6-7(3,4)5;1-5-6(2,3)4/h2H2,1H3,(H2,3,4,5);(H2,2,3,4).